The molecule has 0 aromatic rings. The fourth-order valence-electron chi connectivity index (χ4n) is 5.30. The number of rotatable bonds is 5. The van der Waals surface area contributed by atoms with Crippen molar-refractivity contribution in [2.24, 2.45) is 5.92 Å². The maximum absolute atomic E-state index is 13.1. The third-order valence-corrected chi connectivity index (χ3v) is 8.17. The molecule has 1 aliphatic rings. The molecule has 0 amide bonds. The van der Waals surface area contributed by atoms with Crippen LogP contribution < -0.4 is 0 Å². The molecule has 12 nitrogen and oxygen atoms in total. The normalized spacial score (nSPS) is 39.6. The summed E-state index contributed by atoms with van der Waals surface area (Å²) in [5.41, 5.74) is 0.357. The zero-order valence-electron chi connectivity index (χ0n) is 27.8. The molecule has 0 radical (unpaired) electrons. The topological polar surface area (TPSA) is 229 Å². The fourth-order valence-corrected chi connectivity index (χ4v) is 5.30. The Labute approximate surface area is 278 Å². The van der Waals surface area contributed by atoms with E-state index in [0.717, 1.165) is 12.8 Å². The quantitative estimate of drug-likeness (QED) is 0.145. The highest BCUT2D eigenvalue weighted by atomic mass is 16.6. The van der Waals surface area contributed by atoms with Crippen LogP contribution in [0, 0.1) is 5.92 Å². The van der Waals surface area contributed by atoms with Gasteiger partial charge in [0.05, 0.1) is 42.7 Å². The lowest BCUT2D eigenvalue weighted by Gasteiger charge is -2.30. The van der Waals surface area contributed by atoms with Crippen LogP contribution in [0.3, 0.4) is 0 Å². The molecule has 10 N–H and O–H groups in total. The highest BCUT2D eigenvalue weighted by molar-refractivity contribution is 5.74. The van der Waals surface area contributed by atoms with E-state index in [4.69, 9.17) is 4.74 Å². The SMILES string of the molecule is CCCCC[C@@H](O)[C@H]1C(=O)O[C@H](C)[C@@H](O)/C=C/C=C/C=C/C=C/C=C(/C)[C@@H](O)[C@H](O)[C@H](O)C[C@H](O)C[C@H](O)C[C@H](O)C[C@H](O)C[C@@H]1O. The summed E-state index contributed by atoms with van der Waals surface area (Å²) < 4.78 is 5.41. The standard InChI is InChI=1S/C35H58O12/c1-4-5-11-16-29(41)32-30(42)20-26(38)18-24(36)17-25(37)19-27(39)21-31(43)34(45)33(44)22(2)14-12-9-7-6-8-10-13-15-28(40)23(3)47-35(32)46/h6-10,12-15,23-34,36-45H,4-5,11,16-21H2,1-3H3/b7-6+,10-8+,12-9+,15-13+,22-14-/t23-,24+,25-,26+,27-,28+,29-,30+,31-,32-,33-,34-/m1/s1. The molecule has 0 aromatic heterocycles. The van der Waals surface area contributed by atoms with Gasteiger partial charge in [0.2, 0.25) is 0 Å². The molecular formula is C35H58O12. The molecule has 0 saturated heterocycles. The van der Waals surface area contributed by atoms with E-state index in [-0.39, 0.29) is 32.1 Å². The van der Waals surface area contributed by atoms with Gasteiger partial charge in [-0.15, -0.1) is 0 Å². The highest BCUT2D eigenvalue weighted by Gasteiger charge is 2.37. The van der Waals surface area contributed by atoms with Crippen molar-refractivity contribution in [1.29, 1.82) is 0 Å². The van der Waals surface area contributed by atoms with Crippen molar-refractivity contribution in [3.63, 3.8) is 0 Å². The van der Waals surface area contributed by atoms with Gasteiger partial charge in [-0.25, -0.2) is 0 Å². The van der Waals surface area contributed by atoms with Gasteiger partial charge in [0.25, 0.3) is 0 Å². The monoisotopic (exact) mass is 670 g/mol. The average molecular weight is 671 g/mol. The Hall–Kier alpha value is -2.23. The molecule has 0 spiro atoms. The molecule has 0 bridgehead atoms. The van der Waals surface area contributed by atoms with Crippen LogP contribution in [0.15, 0.2) is 60.3 Å². The van der Waals surface area contributed by atoms with Crippen LogP contribution in [0.4, 0.5) is 0 Å². The molecule has 0 unspecified atom stereocenters. The second-order valence-electron chi connectivity index (χ2n) is 12.5. The third kappa shape index (κ3) is 17.1. The molecule has 12 heteroatoms. The van der Waals surface area contributed by atoms with Gasteiger partial charge in [-0.05, 0) is 45.1 Å². The molecule has 270 valence electrons. The minimum absolute atomic E-state index is 0.197. The van der Waals surface area contributed by atoms with Gasteiger partial charge >= 0.3 is 5.97 Å². The lowest BCUT2D eigenvalue weighted by atomic mass is 9.87. The molecular weight excluding hydrogens is 612 g/mol. The predicted octanol–water partition coefficient (Wildman–Crippen LogP) is 0.859. The maximum Gasteiger partial charge on any atom is 0.314 e. The van der Waals surface area contributed by atoms with E-state index in [1.165, 1.54) is 13.0 Å². The van der Waals surface area contributed by atoms with Gasteiger partial charge in [-0.2, -0.15) is 0 Å². The van der Waals surface area contributed by atoms with Crippen LogP contribution in [0.1, 0.15) is 78.6 Å². The maximum atomic E-state index is 13.1. The Morgan fingerprint density at radius 1 is 0.723 bits per heavy atom. The number of hydrogen-bond acceptors (Lipinski definition) is 12. The van der Waals surface area contributed by atoms with Crippen LogP contribution >= 0.6 is 0 Å². The highest BCUT2D eigenvalue weighted by Crippen LogP contribution is 2.24. The fraction of sp³-hybridized carbons (Fsp3) is 0.686. The van der Waals surface area contributed by atoms with Gasteiger partial charge < -0.3 is 55.8 Å². The summed E-state index contributed by atoms with van der Waals surface area (Å²) in [7, 11) is 0. The Balaban J connectivity index is 3.19. The van der Waals surface area contributed by atoms with Crippen LogP contribution in [0.2, 0.25) is 0 Å². The van der Waals surface area contributed by atoms with E-state index in [9.17, 15) is 55.9 Å². The van der Waals surface area contributed by atoms with Crippen molar-refractivity contribution in [1.82, 2.24) is 0 Å². The van der Waals surface area contributed by atoms with E-state index < -0.39 is 85.5 Å². The van der Waals surface area contributed by atoms with E-state index in [0.29, 0.717) is 12.0 Å². The molecule has 12 atom stereocenters. The molecule has 0 fully saturated rings. The Kier molecular flexibility index (Phi) is 21.1. The van der Waals surface area contributed by atoms with Gasteiger partial charge in [0.1, 0.15) is 30.3 Å². The number of allylic oxidation sites excluding steroid dienone is 8. The summed E-state index contributed by atoms with van der Waals surface area (Å²) in [4.78, 5) is 13.1. The van der Waals surface area contributed by atoms with E-state index in [1.807, 2.05) is 6.92 Å². The molecule has 47 heavy (non-hydrogen) atoms. The van der Waals surface area contributed by atoms with E-state index in [2.05, 4.69) is 0 Å². The first-order chi connectivity index (χ1) is 22.2. The summed E-state index contributed by atoms with van der Waals surface area (Å²) in [6, 6.07) is 0. The zero-order chi connectivity index (χ0) is 35.5. The van der Waals surface area contributed by atoms with Crippen molar-refractivity contribution < 1.29 is 60.6 Å². The molecule has 0 aliphatic carbocycles. The lowest BCUT2D eigenvalue weighted by molar-refractivity contribution is -0.168. The third-order valence-electron chi connectivity index (χ3n) is 8.17. The number of aliphatic hydroxyl groups excluding tert-OH is 10. The lowest BCUT2D eigenvalue weighted by Crippen LogP contribution is -2.43. The van der Waals surface area contributed by atoms with Crippen LogP contribution in [0.5, 0.6) is 0 Å². The summed E-state index contributed by atoms with van der Waals surface area (Å²) in [6.07, 6.45) is 0.559. The van der Waals surface area contributed by atoms with Gasteiger partial charge in [-0.1, -0.05) is 80.9 Å². The van der Waals surface area contributed by atoms with Crippen molar-refractivity contribution in [2.75, 3.05) is 0 Å². The molecule has 0 aromatic carbocycles. The number of unbranched alkanes of at least 4 members (excludes halogenated alkanes) is 2. The Bertz CT molecular complexity index is 1020. The number of hydrogen-bond donors (Lipinski definition) is 10. The van der Waals surface area contributed by atoms with Crippen molar-refractivity contribution >= 4 is 5.97 Å². The van der Waals surface area contributed by atoms with Crippen LogP contribution in [-0.2, 0) is 9.53 Å². The average Bonchev–Trinajstić information content (AvgIpc) is 2.98. The van der Waals surface area contributed by atoms with Crippen molar-refractivity contribution in [2.45, 2.75) is 146 Å². The number of carbonyl (C=O) groups is 1. The number of ether oxygens (including phenoxy) is 1. The number of aliphatic hydroxyl groups is 10. The number of esters is 1. The first-order valence-electron chi connectivity index (χ1n) is 16.5. The Morgan fingerprint density at radius 2 is 1.21 bits per heavy atom. The number of cyclic esters (lactones) is 1. The van der Waals surface area contributed by atoms with Gasteiger partial charge in [0.15, 0.2) is 0 Å². The minimum atomic E-state index is -1.61. The first-order valence-corrected chi connectivity index (χ1v) is 16.5. The van der Waals surface area contributed by atoms with Crippen molar-refractivity contribution in [3.8, 4) is 0 Å². The second kappa shape index (κ2) is 23.2. The van der Waals surface area contributed by atoms with Crippen LogP contribution in [0.25, 0.3) is 0 Å². The molecule has 0 saturated carbocycles. The van der Waals surface area contributed by atoms with Crippen molar-refractivity contribution in [3.05, 3.63) is 60.3 Å². The first kappa shape index (κ1) is 42.8. The zero-order valence-corrected chi connectivity index (χ0v) is 27.8. The minimum Gasteiger partial charge on any atom is -0.459 e. The summed E-state index contributed by atoms with van der Waals surface area (Å²) in [6.45, 7) is 5.00. The van der Waals surface area contributed by atoms with E-state index >= 15 is 0 Å². The predicted molar refractivity (Wildman–Crippen MR) is 177 cm³/mol. The molecule has 1 heterocycles. The number of carbonyl (C=O) groups excluding carboxylic acids is 1. The smallest absolute Gasteiger partial charge is 0.314 e. The van der Waals surface area contributed by atoms with Crippen LogP contribution in [-0.4, -0.2) is 124 Å². The largest absolute Gasteiger partial charge is 0.459 e. The molecule has 1 rings (SSSR count). The second-order valence-corrected chi connectivity index (χ2v) is 12.5. The van der Waals surface area contributed by atoms with Gasteiger partial charge in [-0.3, -0.25) is 4.79 Å². The summed E-state index contributed by atoms with van der Waals surface area (Å²) in [5, 5.41) is 105. The van der Waals surface area contributed by atoms with Gasteiger partial charge in [0, 0.05) is 12.8 Å². The summed E-state index contributed by atoms with van der Waals surface area (Å²) >= 11 is 0. The molecule has 1 aliphatic heterocycles. The Morgan fingerprint density at radius 3 is 1.77 bits per heavy atom. The summed E-state index contributed by atoms with van der Waals surface area (Å²) in [5.74, 6) is -2.37. The van der Waals surface area contributed by atoms with E-state index in [1.54, 1.807) is 55.5 Å².